The first-order valence-electron chi connectivity index (χ1n) is 10.2. The molecule has 5 aromatic rings. The third-order valence-corrected chi connectivity index (χ3v) is 7.22. The van der Waals surface area contributed by atoms with Gasteiger partial charge in [-0.1, -0.05) is 53.7 Å². The minimum Gasteiger partial charge on any atom is -0.365 e. The van der Waals surface area contributed by atoms with Crippen molar-refractivity contribution < 1.29 is 8.42 Å². The third-order valence-electron chi connectivity index (χ3n) is 5.57. The van der Waals surface area contributed by atoms with E-state index in [1.165, 1.54) is 4.52 Å². The molecule has 0 fully saturated rings. The van der Waals surface area contributed by atoms with Crippen molar-refractivity contribution in [3.8, 4) is 0 Å². The summed E-state index contributed by atoms with van der Waals surface area (Å²) in [7, 11) is -3.90. The molecule has 0 amide bonds. The standard InChI is InChI=1S/C24H21N5O2S/c1-16-12-13-19(14-17(16)2)32(30,31)24-23-26-22(25-15-18-8-4-3-5-9-18)20-10-6-7-11-21(20)29(23)28-27-24/h3-14H,15H2,1-2H3,(H,25,26). The van der Waals surface area contributed by atoms with Gasteiger partial charge in [0, 0.05) is 11.9 Å². The quantitative estimate of drug-likeness (QED) is 0.435. The zero-order valence-corrected chi connectivity index (χ0v) is 18.5. The molecule has 0 aliphatic heterocycles. The monoisotopic (exact) mass is 443 g/mol. The molecule has 160 valence electrons. The fraction of sp³-hybridized carbons (Fsp3) is 0.125. The van der Waals surface area contributed by atoms with Crippen LogP contribution in [-0.2, 0) is 16.4 Å². The number of aromatic nitrogens is 4. The van der Waals surface area contributed by atoms with Gasteiger partial charge in [0.1, 0.15) is 5.82 Å². The van der Waals surface area contributed by atoms with Crippen molar-refractivity contribution in [2.45, 2.75) is 30.3 Å². The summed E-state index contributed by atoms with van der Waals surface area (Å²) < 4.78 is 28.3. The smallest absolute Gasteiger partial charge is 0.229 e. The van der Waals surface area contributed by atoms with Crippen LogP contribution in [0.2, 0.25) is 0 Å². The van der Waals surface area contributed by atoms with E-state index in [-0.39, 0.29) is 15.6 Å². The predicted octanol–water partition coefficient (Wildman–Crippen LogP) is 4.34. The molecule has 32 heavy (non-hydrogen) atoms. The summed E-state index contributed by atoms with van der Waals surface area (Å²) in [5.41, 5.74) is 3.92. The fourth-order valence-electron chi connectivity index (χ4n) is 3.63. The third kappa shape index (κ3) is 3.38. The molecule has 0 saturated heterocycles. The average Bonchev–Trinajstić information content (AvgIpc) is 3.25. The first-order chi connectivity index (χ1) is 15.4. The molecule has 2 aromatic heterocycles. The Balaban J connectivity index is 1.67. The van der Waals surface area contributed by atoms with E-state index >= 15 is 0 Å². The number of rotatable bonds is 5. The first-order valence-corrected chi connectivity index (χ1v) is 11.7. The van der Waals surface area contributed by atoms with Gasteiger partial charge in [0.2, 0.25) is 14.9 Å². The summed E-state index contributed by atoms with van der Waals surface area (Å²) in [6.07, 6.45) is 0. The Hall–Kier alpha value is -3.78. The molecule has 3 aromatic carbocycles. The number of sulfone groups is 1. The Kier molecular flexibility index (Phi) is 4.86. The highest BCUT2D eigenvalue weighted by Gasteiger charge is 2.27. The van der Waals surface area contributed by atoms with Crippen LogP contribution >= 0.6 is 0 Å². The maximum absolute atomic E-state index is 13.4. The van der Waals surface area contributed by atoms with E-state index in [0.717, 1.165) is 27.6 Å². The van der Waals surface area contributed by atoms with E-state index in [1.54, 1.807) is 18.2 Å². The second-order valence-corrected chi connectivity index (χ2v) is 9.56. The Morgan fingerprint density at radius 3 is 2.44 bits per heavy atom. The number of hydrogen-bond donors (Lipinski definition) is 1. The minimum atomic E-state index is -3.90. The van der Waals surface area contributed by atoms with Crippen LogP contribution in [0.3, 0.4) is 0 Å². The maximum atomic E-state index is 13.4. The van der Waals surface area contributed by atoms with Crippen LogP contribution in [0.1, 0.15) is 16.7 Å². The van der Waals surface area contributed by atoms with Crippen LogP contribution in [0, 0.1) is 13.8 Å². The van der Waals surface area contributed by atoms with Crippen molar-refractivity contribution in [1.82, 2.24) is 19.8 Å². The summed E-state index contributed by atoms with van der Waals surface area (Å²) in [5, 5.41) is 12.2. The van der Waals surface area contributed by atoms with Crippen LogP contribution in [0.15, 0.2) is 82.7 Å². The number of aryl methyl sites for hydroxylation is 2. The van der Waals surface area contributed by atoms with E-state index in [4.69, 9.17) is 0 Å². The van der Waals surface area contributed by atoms with Gasteiger partial charge in [0.25, 0.3) is 0 Å². The number of para-hydroxylation sites is 1. The van der Waals surface area contributed by atoms with Gasteiger partial charge >= 0.3 is 0 Å². The molecule has 0 atom stereocenters. The minimum absolute atomic E-state index is 0.158. The largest absolute Gasteiger partial charge is 0.365 e. The molecule has 7 nitrogen and oxygen atoms in total. The first kappa shape index (κ1) is 20.1. The van der Waals surface area contributed by atoms with Crippen molar-refractivity contribution in [1.29, 1.82) is 0 Å². The van der Waals surface area contributed by atoms with E-state index in [2.05, 4.69) is 20.6 Å². The normalized spacial score (nSPS) is 11.8. The Labute approximate surface area is 185 Å². The predicted molar refractivity (Wildman–Crippen MR) is 123 cm³/mol. The molecule has 1 N–H and O–H groups in total. The van der Waals surface area contributed by atoms with Crippen LogP contribution in [0.25, 0.3) is 16.6 Å². The number of nitrogens with one attached hydrogen (secondary N) is 1. The summed E-state index contributed by atoms with van der Waals surface area (Å²) in [6, 6.07) is 22.6. The number of fused-ring (bicyclic) bond motifs is 3. The zero-order valence-electron chi connectivity index (χ0n) is 17.6. The lowest BCUT2D eigenvalue weighted by Gasteiger charge is -2.11. The van der Waals surface area contributed by atoms with Crippen LogP contribution < -0.4 is 5.32 Å². The summed E-state index contributed by atoms with van der Waals surface area (Å²) >= 11 is 0. The Bertz CT molecular complexity index is 1560. The SMILES string of the molecule is Cc1ccc(S(=O)(=O)c2nnn3c2nc(NCc2ccccc2)c2ccccc23)cc1C. The lowest BCUT2D eigenvalue weighted by atomic mass is 10.1. The fourth-order valence-corrected chi connectivity index (χ4v) is 4.95. The molecule has 8 heteroatoms. The molecule has 0 spiro atoms. The Morgan fingerprint density at radius 1 is 0.906 bits per heavy atom. The highest BCUT2D eigenvalue weighted by molar-refractivity contribution is 7.91. The van der Waals surface area contributed by atoms with Gasteiger partial charge in [0.15, 0.2) is 5.65 Å². The van der Waals surface area contributed by atoms with Gasteiger partial charge in [-0.15, -0.1) is 5.10 Å². The number of anilines is 1. The molecular weight excluding hydrogens is 422 g/mol. The van der Waals surface area contributed by atoms with Crippen molar-refractivity contribution in [3.05, 3.63) is 89.5 Å². The topological polar surface area (TPSA) is 89.2 Å². The summed E-state index contributed by atoms with van der Waals surface area (Å²) in [6.45, 7) is 4.38. The number of benzene rings is 3. The lowest BCUT2D eigenvalue weighted by molar-refractivity contribution is 0.592. The van der Waals surface area contributed by atoms with Gasteiger partial charge in [-0.25, -0.2) is 13.4 Å². The molecule has 0 saturated carbocycles. The van der Waals surface area contributed by atoms with E-state index in [1.807, 2.05) is 68.4 Å². The molecule has 0 radical (unpaired) electrons. The molecule has 0 aliphatic rings. The van der Waals surface area contributed by atoms with E-state index < -0.39 is 9.84 Å². The molecule has 0 bridgehead atoms. The van der Waals surface area contributed by atoms with Crippen LogP contribution in [0.4, 0.5) is 5.82 Å². The number of nitrogens with zero attached hydrogens (tertiary/aromatic N) is 4. The molecular formula is C24H21N5O2S. The van der Waals surface area contributed by atoms with Gasteiger partial charge in [-0.2, -0.15) is 4.52 Å². The van der Waals surface area contributed by atoms with Crippen molar-refractivity contribution in [2.24, 2.45) is 0 Å². The maximum Gasteiger partial charge on any atom is 0.229 e. The molecule has 5 rings (SSSR count). The highest BCUT2D eigenvalue weighted by Crippen LogP contribution is 2.28. The van der Waals surface area contributed by atoms with Gasteiger partial charge < -0.3 is 5.32 Å². The van der Waals surface area contributed by atoms with Crippen LogP contribution in [0.5, 0.6) is 0 Å². The van der Waals surface area contributed by atoms with Crippen LogP contribution in [-0.4, -0.2) is 28.2 Å². The summed E-state index contributed by atoms with van der Waals surface area (Å²) in [4.78, 5) is 4.84. The van der Waals surface area contributed by atoms with Crippen molar-refractivity contribution in [2.75, 3.05) is 5.32 Å². The second kappa shape index (κ2) is 7.72. The zero-order chi connectivity index (χ0) is 22.3. The molecule has 2 heterocycles. The van der Waals surface area contributed by atoms with E-state index in [9.17, 15) is 8.42 Å². The number of hydrogen-bond acceptors (Lipinski definition) is 6. The van der Waals surface area contributed by atoms with Gasteiger partial charge in [-0.05, 0) is 54.8 Å². The summed E-state index contributed by atoms with van der Waals surface area (Å²) in [5.74, 6) is 0.579. The van der Waals surface area contributed by atoms with E-state index in [0.29, 0.717) is 12.4 Å². The Morgan fingerprint density at radius 2 is 1.66 bits per heavy atom. The second-order valence-electron chi connectivity index (χ2n) is 7.70. The van der Waals surface area contributed by atoms with Crippen molar-refractivity contribution in [3.63, 3.8) is 0 Å². The highest BCUT2D eigenvalue weighted by atomic mass is 32.2. The molecule has 0 unspecified atom stereocenters. The van der Waals surface area contributed by atoms with Gasteiger partial charge in [-0.3, -0.25) is 0 Å². The molecule has 0 aliphatic carbocycles. The lowest BCUT2D eigenvalue weighted by Crippen LogP contribution is -2.07. The van der Waals surface area contributed by atoms with Crippen molar-refractivity contribution >= 4 is 32.2 Å². The van der Waals surface area contributed by atoms with Gasteiger partial charge in [0.05, 0.1) is 10.4 Å². The average molecular weight is 444 g/mol.